The zero-order valence-corrected chi connectivity index (χ0v) is 15.7. The molecule has 1 aliphatic carbocycles. The molecule has 5 unspecified atom stereocenters. The molecule has 0 bridgehead atoms. The Morgan fingerprint density at radius 2 is 1.82 bits per heavy atom. The van der Waals surface area contributed by atoms with Crippen LogP contribution in [0.2, 0.25) is 0 Å². The van der Waals surface area contributed by atoms with E-state index in [4.69, 9.17) is 9.47 Å². The average Bonchev–Trinajstić information content (AvgIpc) is 2.42. The first-order valence-electron chi connectivity index (χ1n) is 9.18. The second-order valence-corrected chi connectivity index (χ2v) is 8.12. The third kappa shape index (κ3) is 7.28. The lowest BCUT2D eigenvalue weighted by Gasteiger charge is -2.36. The monoisotopic (exact) mass is 310 g/mol. The lowest BCUT2D eigenvalue weighted by molar-refractivity contribution is -0.0374. The van der Waals surface area contributed by atoms with Gasteiger partial charge >= 0.3 is 0 Å². The van der Waals surface area contributed by atoms with E-state index in [9.17, 15) is 0 Å². The van der Waals surface area contributed by atoms with E-state index in [2.05, 4.69) is 48.1 Å². The van der Waals surface area contributed by atoms with Crippen LogP contribution in [-0.2, 0) is 9.47 Å². The average molecular weight is 311 g/mol. The Morgan fingerprint density at radius 1 is 1.14 bits per heavy atom. The molecule has 1 rings (SSSR count). The van der Waals surface area contributed by atoms with E-state index in [0.29, 0.717) is 30.0 Å². The topological polar surface area (TPSA) is 18.5 Å². The van der Waals surface area contributed by atoms with Crippen LogP contribution >= 0.6 is 0 Å². The minimum absolute atomic E-state index is 0.322. The minimum Gasteiger partial charge on any atom is -0.378 e. The van der Waals surface area contributed by atoms with Gasteiger partial charge in [0.2, 0.25) is 0 Å². The zero-order chi connectivity index (χ0) is 16.7. The van der Waals surface area contributed by atoms with Gasteiger partial charge in [0.05, 0.1) is 12.2 Å². The Kier molecular flexibility index (Phi) is 8.71. The van der Waals surface area contributed by atoms with Gasteiger partial charge in [-0.3, -0.25) is 0 Å². The summed E-state index contributed by atoms with van der Waals surface area (Å²) in [7, 11) is 0. The van der Waals surface area contributed by atoms with Crippen LogP contribution in [0.15, 0.2) is 12.2 Å². The van der Waals surface area contributed by atoms with E-state index >= 15 is 0 Å². The van der Waals surface area contributed by atoms with Crippen LogP contribution in [0.25, 0.3) is 0 Å². The van der Waals surface area contributed by atoms with Gasteiger partial charge in [0.25, 0.3) is 0 Å². The third-order valence-corrected chi connectivity index (χ3v) is 4.73. The predicted molar refractivity (Wildman–Crippen MR) is 95.1 cm³/mol. The maximum atomic E-state index is 6.30. The maximum Gasteiger partial charge on any atom is 0.0642 e. The first-order chi connectivity index (χ1) is 10.3. The molecule has 1 fully saturated rings. The second kappa shape index (κ2) is 9.72. The fraction of sp³-hybridized carbons (Fsp3) is 0.900. The summed E-state index contributed by atoms with van der Waals surface area (Å²) in [5, 5.41) is 0. The zero-order valence-electron chi connectivity index (χ0n) is 15.7. The summed E-state index contributed by atoms with van der Waals surface area (Å²) in [5.41, 5.74) is 1.29. The van der Waals surface area contributed by atoms with Crippen molar-refractivity contribution < 1.29 is 9.47 Å². The lowest BCUT2D eigenvalue weighted by atomic mass is 9.77. The molecule has 0 saturated heterocycles. The normalized spacial score (nSPS) is 28.6. The van der Waals surface area contributed by atoms with Gasteiger partial charge in [-0.15, -0.1) is 0 Å². The first kappa shape index (κ1) is 19.7. The van der Waals surface area contributed by atoms with E-state index < -0.39 is 0 Å². The minimum atomic E-state index is 0.322. The van der Waals surface area contributed by atoms with Crippen LogP contribution in [-0.4, -0.2) is 25.4 Å². The van der Waals surface area contributed by atoms with E-state index in [1.54, 1.807) is 0 Å². The number of rotatable bonds is 9. The van der Waals surface area contributed by atoms with Crippen LogP contribution in [0, 0.1) is 23.7 Å². The van der Waals surface area contributed by atoms with E-state index in [-0.39, 0.29) is 0 Å². The maximum absolute atomic E-state index is 6.30. The highest BCUT2D eigenvalue weighted by Gasteiger charge is 2.30. The molecule has 0 heterocycles. The molecule has 1 saturated carbocycles. The van der Waals surface area contributed by atoms with Crippen LogP contribution < -0.4 is 0 Å². The van der Waals surface area contributed by atoms with Gasteiger partial charge in [0.15, 0.2) is 0 Å². The van der Waals surface area contributed by atoms with E-state index in [1.807, 2.05) is 0 Å². The second-order valence-electron chi connectivity index (χ2n) is 8.12. The molecule has 1 aliphatic rings. The standard InChI is InChI=1S/C20H38O2/c1-14(2)12-21-18(7)10-17(6)13-22-20-11-16(5)8-9-19(20)15(3)4/h14,16-20H,3,8-13H2,1-2,4-7H3. The Hall–Kier alpha value is -0.340. The highest BCUT2D eigenvalue weighted by Crippen LogP contribution is 2.35. The molecular formula is C20H38O2. The van der Waals surface area contributed by atoms with Gasteiger partial charge in [-0.05, 0) is 57.3 Å². The smallest absolute Gasteiger partial charge is 0.0642 e. The van der Waals surface area contributed by atoms with Crippen molar-refractivity contribution in [1.82, 2.24) is 0 Å². The SMILES string of the molecule is C=C(C)C1CCC(C)CC1OCC(C)CC(C)OCC(C)C. The predicted octanol–water partition coefficient (Wildman–Crippen LogP) is 5.47. The first-order valence-corrected chi connectivity index (χ1v) is 9.18. The Bertz CT molecular complexity index is 324. The van der Waals surface area contributed by atoms with Crippen molar-refractivity contribution in [2.24, 2.45) is 23.7 Å². The van der Waals surface area contributed by atoms with Crippen LogP contribution in [0.3, 0.4) is 0 Å². The van der Waals surface area contributed by atoms with Crippen molar-refractivity contribution in [2.45, 2.75) is 79.4 Å². The van der Waals surface area contributed by atoms with Crippen molar-refractivity contribution in [2.75, 3.05) is 13.2 Å². The third-order valence-electron chi connectivity index (χ3n) is 4.73. The summed E-state index contributed by atoms with van der Waals surface area (Å²) in [5.74, 6) is 2.49. The molecule has 0 radical (unpaired) electrons. The van der Waals surface area contributed by atoms with E-state index in [0.717, 1.165) is 25.6 Å². The Morgan fingerprint density at radius 3 is 2.41 bits per heavy atom. The van der Waals surface area contributed by atoms with Crippen LogP contribution in [0.1, 0.15) is 67.2 Å². The van der Waals surface area contributed by atoms with Gasteiger partial charge in [0, 0.05) is 19.1 Å². The molecule has 0 aliphatic heterocycles. The van der Waals surface area contributed by atoms with Crippen molar-refractivity contribution in [1.29, 1.82) is 0 Å². The van der Waals surface area contributed by atoms with Gasteiger partial charge in [-0.1, -0.05) is 39.8 Å². The largest absolute Gasteiger partial charge is 0.378 e. The number of hydrogen-bond donors (Lipinski definition) is 0. The van der Waals surface area contributed by atoms with Gasteiger partial charge in [-0.2, -0.15) is 0 Å². The molecule has 0 aromatic heterocycles. The fourth-order valence-corrected chi connectivity index (χ4v) is 3.42. The quantitative estimate of drug-likeness (QED) is 0.526. The lowest BCUT2D eigenvalue weighted by Crippen LogP contribution is -2.33. The van der Waals surface area contributed by atoms with Gasteiger partial charge in [0.1, 0.15) is 0 Å². The van der Waals surface area contributed by atoms with Gasteiger partial charge in [-0.25, -0.2) is 0 Å². The Labute approximate surface area is 138 Å². The molecule has 130 valence electrons. The summed E-state index contributed by atoms with van der Waals surface area (Å²) in [4.78, 5) is 0. The summed E-state index contributed by atoms with van der Waals surface area (Å²) in [6.45, 7) is 19.2. The summed E-state index contributed by atoms with van der Waals surface area (Å²) in [6, 6.07) is 0. The van der Waals surface area contributed by atoms with Crippen molar-refractivity contribution in [3.05, 3.63) is 12.2 Å². The van der Waals surface area contributed by atoms with Crippen molar-refractivity contribution in [3.8, 4) is 0 Å². The molecule has 0 aromatic carbocycles. The molecule has 22 heavy (non-hydrogen) atoms. The molecule has 2 heteroatoms. The van der Waals surface area contributed by atoms with Crippen molar-refractivity contribution in [3.63, 3.8) is 0 Å². The summed E-state index contributed by atoms with van der Waals surface area (Å²) >= 11 is 0. The van der Waals surface area contributed by atoms with Crippen LogP contribution in [0.5, 0.6) is 0 Å². The van der Waals surface area contributed by atoms with Crippen molar-refractivity contribution >= 4 is 0 Å². The number of ether oxygens (including phenoxy) is 2. The Balaban J connectivity index is 2.34. The van der Waals surface area contributed by atoms with Crippen LogP contribution in [0.4, 0.5) is 0 Å². The van der Waals surface area contributed by atoms with Gasteiger partial charge < -0.3 is 9.47 Å². The summed E-state index contributed by atoms with van der Waals surface area (Å²) in [6.07, 6.45) is 5.51. The molecule has 5 atom stereocenters. The number of hydrogen-bond acceptors (Lipinski definition) is 2. The molecule has 0 amide bonds. The molecule has 0 aromatic rings. The van der Waals surface area contributed by atoms with E-state index in [1.165, 1.54) is 24.8 Å². The highest BCUT2D eigenvalue weighted by atomic mass is 16.5. The molecule has 2 nitrogen and oxygen atoms in total. The fourth-order valence-electron chi connectivity index (χ4n) is 3.42. The molecular weight excluding hydrogens is 272 g/mol. The highest BCUT2D eigenvalue weighted by molar-refractivity contribution is 5.02. The summed E-state index contributed by atoms with van der Waals surface area (Å²) < 4.78 is 12.2. The molecule has 0 N–H and O–H groups in total. The molecule has 0 spiro atoms.